The average molecular weight is 338 g/mol. The van der Waals surface area contributed by atoms with Crippen LogP contribution in [0.2, 0.25) is 0 Å². The zero-order valence-corrected chi connectivity index (χ0v) is 13.8. The highest BCUT2D eigenvalue weighted by Gasteiger charge is 2.18. The van der Waals surface area contributed by atoms with Crippen LogP contribution in [-0.4, -0.2) is 9.91 Å². The fourth-order valence-corrected chi connectivity index (χ4v) is 3.77. The Morgan fingerprint density at radius 3 is 1.92 bits per heavy atom. The molecule has 124 valence electrons. The molecule has 0 atom stereocenters. The van der Waals surface area contributed by atoms with Gasteiger partial charge >= 0.3 is 0 Å². The van der Waals surface area contributed by atoms with Crippen LogP contribution in [0.1, 0.15) is 0 Å². The third-order valence-corrected chi connectivity index (χ3v) is 4.91. The molecule has 4 nitrogen and oxygen atoms in total. The Hall–Kier alpha value is -3.66. The standard InChI is InChI=1S/C22H14N2O2/c25-24(26)21-12-6-5-11-18(21)20-13-19-16-9-2-1-7-14(16)15-8-3-4-10-17(15)22(19)23-20/h1-13,23H. The maximum absolute atomic E-state index is 11.4. The van der Waals surface area contributed by atoms with E-state index in [4.69, 9.17) is 0 Å². The zero-order valence-electron chi connectivity index (χ0n) is 13.8. The van der Waals surface area contributed by atoms with E-state index in [2.05, 4.69) is 29.2 Å². The highest BCUT2D eigenvalue weighted by Crippen LogP contribution is 2.38. The first kappa shape index (κ1) is 14.7. The van der Waals surface area contributed by atoms with Gasteiger partial charge in [-0.1, -0.05) is 60.7 Å². The number of H-pyrrole nitrogens is 1. The van der Waals surface area contributed by atoms with Gasteiger partial charge in [-0.05, 0) is 28.3 Å². The smallest absolute Gasteiger partial charge is 0.278 e. The number of rotatable bonds is 2. The van der Waals surface area contributed by atoms with E-state index < -0.39 is 0 Å². The molecule has 4 aromatic carbocycles. The van der Waals surface area contributed by atoms with Crippen molar-refractivity contribution in [3.63, 3.8) is 0 Å². The van der Waals surface area contributed by atoms with Crippen LogP contribution in [0.4, 0.5) is 5.69 Å². The van der Waals surface area contributed by atoms with Crippen molar-refractivity contribution in [1.82, 2.24) is 4.98 Å². The largest absolute Gasteiger partial charge is 0.354 e. The van der Waals surface area contributed by atoms with Crippen LogP contribution < -0.4 is 0 Å². The van der Waals surface area contributed by atoms with Crippen LogP contribution >= 0.6 is 0 Å². The Balaban J connectivity index is 1.94. The maximum atomic E-state index is 11.4. The van der Waals surface area contributed by atoms with Crippen molar-refractivity contribution in [1.29, 1.82) is 0 Å². The highest BCUT2D eigenvalue weighted by atomic mass is 16.6. The first-order valence-corrected chi connectivity index (χ1v) is 8.40. The number of nitro benzene ring substituents is 1. The van der Waals surface area contributed by atoms with Crippen LogP contribution in [-0.2, 0) is 0 Å². The summed E-state index contributed by atoms with van der Waals surface area (Å²) in [5, 5.41) is 17.1. The summed E-state index contributed by atoms with van der Waals surface area (Å²) in [7, 11) is 0. The van der Waals surface area contributed by atoms with Gasteiger partial charge in [0.25, 0.3) is 5.69 Å². The molecule has 0 saturated carbocycles. The highest BCUT2D eigenvalue weighted by molar-refractivity contribution is 6.25. The van der Waals surface area contributed by atoms with E-state index >= 15 is 0 Å². The van der Waals surface area contributed by atoms with Crippen molar-refractivity contribution < 1.29 is 4.92 Å². The Morgan fingerprint density at radius 2 is 1.23 bits per heavy atom. The van der Waals surface area contributed by atoms with E-state index in [-0.39, 0.29) is 10.6 Å². The molecule has 26 heavy (non-hydrogen) atoms. The van der Waals surface area contributed by atoms with Gasteiger partial charge in [-0.25, -0.2) is 0 Å². The lowest BCUT2D eigenvalue weighted by molar-refractivity contribution is -0.384. The van der Waals surface area contributed by atoms with E-state index in [1.54, 1.807) is 12.1 Å². The summed E-state index contributed by atoms with van der Waals surface area (Å²) in [5.74, 6) is 0. The van der Waals surface area contributed by atoms with Crippen molar-refractivity contribution in [2.24, 2.45) is 0 Å². The summed E-state index contributed by atoms with van der Waals surface area (Å²) < 4.78 is 0. The molecule has 0 aliphatic rings. The molecular weight excluding hydrogens is 324 g/mol. The van der Waals surface area contributed by atoms with Crippen LogP contribution in [0.15, 0.2) is 78.9 Å². The van der Waals surface area contributed by atoms with Crippen LogP contribution in [0.3, 0.4) is 0 Å². The minimum Gasteiger partial charge on any atom is -0.354 e. The summed E-state index contributed by atoms with van der Waals surface area (Å²) in [6.45, 7) is 0. The summed E-state index contributed by atoms with van der Waals surface area (Å²) in [4.78, 5) is 14.5. The second-order valence-electron chi connectivity index (χ2n) is 6.34. The van der Waals surface area contributed by atoms with Crippen LogP contribution in [0.5, 0.6) is 0 Å². The number of hydrogen-bond donors (Lipinski definition) is 1. The van der Waals surface area contributed by atoms with Crippen molar-refractivity contribution >= 4 is 38.1 Å². The molecule has 0 fully saturated rings. The fraction of sp³-hybridized carbons (Fsp3) is 0. The number of hydrogen-bond acceptors (Lipinski definition) is 2. The number of aromatic amines is 1. The molecule has 1 aromatic heterocycles. The minimum absolute atomic E-state index is 0.104. The van der Waals surface area contributed by atoms with Gasteiger partial charge in [0.15, 0.2) is 0 Å². The summed E-state index contributed by atoms with van der Waals surface area (Å²) in [5.41, 5.74) is 2.47. The van der Waals surface area contributed by atoms with Crippen LogP contribution in [0.25, 0.3) is 43.7 Å². The molecule has 0 spiro atoms. The second-order valence-corrected chi connectivity index (χ2v) is 6.34. The number of para-hydroxylation sites is 1. The normalized spacial score (nSPS) is 11.4. The number of aromatic nitrogens is 1. The molecule has 0 amide bonds. The molecule has 0 bridgehead atoms. The van der Waals surface area contributed by atoms with E-state index in [1.807, 2.05) is 36.4 Å². The Bertz CT molecular complexity index is 1250. The number of benzene rings is 4. The van der Waals surface area contributed by atoms with Crippen molar-refractivity contribution in [3.05, 3.63) is 89.0 Å². The van der Waals surface area contributed by atoms with Gasteiger partial charge in [-0.3, -0.25) is 10.1 Å². The SMILES string of the molecule is O=[N+]([O-])c1ccccc1-c1cc2c3ccccc3c3ccccc3c2[nH]1. The third-order valence-electron chi connectivity index (χ3n) is 4.91. The molecule has 0 aliphatic heterocycles. The number of nitrogens with one attached hydrogen (secondary N) is 1. The predicted octanol–water partition coefficient (Wildman–Crippen LogP) is 6.05. The van der Waals surface area contributed by atoms with E-state index in [0.717, 1.165) is 27.4 Å². The van der Waals surface area contributed by atoms with Gasteiger partial charge in [-0.15, -0.1) is 0 Å². The number of nitro groups is 1. The van der Waals surface area contributed by atoms with Crippen molar-refractivity contribution in [3.8, 4) is 11.3 Å². The molecule has 0 aliphatic carbocycles. The van der Waals surface area contributed by atoms with Crippen LogP contribution in [0, 0.1) is 10.1 Å². The Labute approximate surface area is 148 Å². The predicted molar refractivity (Wildman–Crippen MR) is 105 cm³/mol. The average Bonchev–Trinajstić information content (AvgIpc) is 3.14. The van der Waals surface area contributed by atoms with Crippen molar-refractivity contribution in [2.75, 3.05) is 0 Å². The molecule has 5 aromatic rings. The maximum Gasteiger partial charge on any atom is 0.278 e. The molecule has 4 heteroatoms. The molecular formula is C22H14N2O2. The molecule has 1 N–H and O–H groups in total. The third kappa shape index (κ3) is 2.02. The molecule has 0 unspecified atom stereocenters. The van der Waals surface area contributed by atoms with E-state index in [0.29, 0.717) is 5.56 Å². The molecule has 0 saturated heterocycles. The lowest BCUT2D eigenvalue weighted by Crippen LogP contribution is -1.91. The van der Waals surface area contributed by atoms with E-state index in [1.165, 1.54) is 16.8 Å². The summed E-state index contributed by atoms with van der Waals surface area (Å²) >= 11 is 0. The quantitative estimate of drug-likeness (QED) is 0.242. The summed E-state index contributed by atoms with van der Waals surface area (Å²) in [6, 6.07) is 25.4. The van der Waals surface area contributed by atoms with E-state index in [9.17, 15) is 10.1 Å². The Morgan fingerprint density at radius 1 is 0.692 bits per heavy atom. The first-order chi connectivity index (χ1) is 12.7. The molecule has 5 rings (SSSR count). The Kier molecular flexibility index (Phi) is 3.06. The fourth-order valence-electron chi connectivity index (χ4n) is 3.77. The van der Waals surface area contributed by atoms with Gasteiger partial charge < -0.3 is 4.98 Å². The number of fused-ring (bicyclic) bond motifs is 6. The topological polar surface area (TPSA) is 58.9 Å². The second kappa shape index (κ2) is 5.43. The zero-order chi connectivity index (χ0) is 17.7. The number of nitrogens with zero attached hydrogens (tertiary/aromatic N) is 1. The van der Waals surface area contributed by atoms with Gasteiger partial charge in [0, 0.05) is 16.8 Å². The summed E-state index contributed by atoms with van der Waals surface area (Å²) in [6.07, 6.45) is 0. The molecule has 1 heterocycles. The molecule has 0 radical (unpaired) electrons. The lowest BCUT2D eigenvalue weighted by atomic mass is 9.98. The van der Waals surface area contributed by atoms with Gasteiger partial charge in [-0.2, -0.15) is 0 Å². The lowest BCUT2D eigenvalue weighted by Gasteiger charge is -2.06. The monoisotopic (exact) mass is 338 g/mol. The van der Waals surface area contributed by atoms with Gasteiger partial charge in [0.05, 0.1) is 21.7 Å². The van der Waals surface area contributed by atoms with Crippen molar-refractivity contribution in [2.45, 2.75) is 0 Å². The minimum atomic E-state index is -0.336. The van der Waals surface area contributed by atoms with Gasteiger partial charge in [0.2, 0.25) is 0 Å². The van der Waals surface area contributed by atoms with Gasteiger partial charge in [0.1, 0.15) is 0 Å². The first-order valence-electron chi connectivity index (χ1n) is 8.40.